The van der Waals surface area contributed by atoms with Gasteiger partial charge in [-0.1, -0.05) is 37.3 Å². The van der Waals surface area contributed by atoms with Gasteiger partial charge in [-0.05, 0) is 25.3 Å². The molecule has 1 aromatic rings. The summed E-state index contributed by atoms with van der Waals surface area (Å²) in [6, 6.07) is 10.4. The summed E-state index contributed by atoms with van der Waals surface area (Å²) in [5.74, 6) is -3.14. The topological polar surface area (TPSA) is 141 Å². The zero-order valence-electron chi connectivity index (χ0n) is 12.8. The van der Waals surface area contributed by atoms with Gasteiger partial charge in [0.15, 0.2) is 12.2 Å². The first-order valence-electron chi connectivity index (χ1n) is 6.64. The van der Waals surface area contributed by atoms with Gasteiger partial charge in [0.25, 0.3) is 0 Å². The van der Waals surface area contributed by atoms with Crippen LogP contribution in [0.5, 0.6) is 0 Å². The van der Waals surface area contributed by atoms with E-state index in [1.165, 1.54) is 5.56 Å². The molecule has 0 radical (unpaired) electrons. The van der Waals surface area contributed by atoms with Crippen molar-refractivity contribution in [3.05, 3.63) is 35.9 Å². The molecule has 1 rings (SSSR count). The van der Waals surface area contributed by atoms with E-state index in [9.17, 15) is 9.59 Å². The Morgan fingerprint density at radius 3 is 1.64 bits per heavy atom. The largest absolute Gasteiger partial charge is 0.479 e. The molecule has 0 saturated carbocycles. The normalized spacial score (nSPS) is 15.0. The molecular weight excluding hydrogens is 290 g/mol. The number of hydrogen-bond acceptors (Lipinski definition) is 5. The molecule has 7 heteroatoms. The summed E-state index contributed by atoms with van der Waals surface area (Å²) in [6.45, 7) is 6.28. The van der Waals surface area contributed by atoms with Crippen LogP contribution >= 0.6 is 0 Å². The van der Waals surface area contributed by atoms with Gasteiger partial charge in [0, 0.05) is 5.54 Å². The summed E-state index contributed by atoms with van der Waals surface area (Å²) in [4.78, 5) is 19.5. The van der Waals surface area contributed by atoms with E-state index in [1.807, 2.05) is 6.07 Å². The standard InChI is InChI=1S/C11H17N.C4H6O6/c1-9(11(2,3)12)10-7-5-4-6-8-10;5-1(3(7)8)2(6)4(9)10/h4-9H,12H2,1-3H3;1-2,5-6H,(H,7,8)(H,9,10)/t;1-,2-/m.0/s1. The van der Waals surface area contributed by atoms with Crippen molar-refractivity contribution in [1.82, 2.24) is 0 Å². The van der Waals surface area contributed by atoms with Crippen molar-refractivity contribution >= 4 is 11.9 Å². The van der Waals surface area contributed by atoms with E-state index in [4.69, 9.17) is 26.2 Å². The molecule has 1 aromatic carbocycles. The Morgan fingerprint density at radius 2 is 1.36 bits per heavy atom. The maximum absolute atomic E-state index is 9.77. The first kappa shape index (κ1) is 20.0. The molecule has 0 aliphatic heterocycles. The van der Waals surface area contributed by atoms with Crippen molar-refractivity contribution in [3.8, 4) is 0 Å². The smallest absolute Gasteiger partial charge is 0.335 e. The third kappa shape index (κ3) is 6.66. The zero-order chi connectivity index (χ0) is 17.5. The quantitative estimate of drug-likeness (QED) is 0.530. The van der Waals surface area contributed by atoms with E-state index >= 15 is 0 Å². The van der Waals surface area contributed by atoms with Gasteiger partial charge in [-0.25, -0.2) is 9.59 Å². The van der Waals surface area contributed by atoms with E-state index in [1.54, 1.807) is 0 Å². The minimum Gasteiger partial charge on any atom is -0.479 e. The first-order chi connectivity index (χ1) is 9.98. The van der Waals surface area contributed by atoms with E-state index in [-0.39, 0.29) is 5.54 Å². The molecule has 0 saturated heterocycles. The van der Waals surface area contributed by atoms with E-state index in [0.29, 0.717) is 5.92 Å². The van der Waals surface area contributed by atoms with Gasteiger partial charge in [-0.2, -0.15) is 0 Å². The Balaban J connectivity index is 0.000000409. The molecule has 0 spiro atoms. The molecule has 0 aromatic heterocycles. The molecule has 1 unspecified atom stereocenters. The van der Waals surface area contributed by atoms with Gasteiger partial charge in [0.1, 0.15) is 0 Å². The lowest BCUT2D eigenvalue weighted by Crippen LogP contribution is -2.39. The van der Waals surface area contributed by atoms with Crippen LogP contribution in [0, 0.1) is 0 Å². The minimum absolute atomic E-state index is 0.138. The SMILES string of the molecule is CC(c1ccccc1)C(C)(C)N.O=C(O)[C@@H](O)[C@H](O)C(=O)O. The van der Waals surface area contributed by atoms with Gasteiger partial charge in [0.05, 0.1) is 0 Å². The van der Waals surface area contributed by atoms with Crippen molar-refractivity contribution in [3.63, 3.8) is 0 Å². The van der Waals surface area contributed by atoms with Crippen molar-refractivity contribution in [2.75, 3.05) is 0 Å². The van der Waals surface area contributed by atoms with Crippen molar-refractivity contribution in [2.45, 2.75) is 44.4 Å². The molecule has 0 heterocycles. The molecule has 0 bridgehead atoms. The van der Waals surface area contributed by atoms with Gasteiger partial charge in [-0.3, -0.25) is 0 Å². The van der Waals surface area contributed by atoms with E-state index in [2.05, 4.69) is 45.0 Å². The molecular formula is C15H23NO6. The van der Waals surface area contributed by atoms with Crippen LogP contribution in [0.25, 0.3) is 0 Å². The van der Waals surface area contributed by atoms with Crippen LogP contribution in [0.1, 0.15) is 32.3 Å². The Kier molecular flexibility index (Phi) is 7.72. The maximum atomic E-state index is 9.77. The summed E-state index contributed by atoms with van der Waals surface area (Å²) >= 11 is 0. The van der Waals surface area contributed by atoms with Crippen molar-refractivity contribution in [1.29, 1.82) is 0 Å². The molecule has 0 amide bonds. The lowest BCUT2D eigenvalue weighted by molar-refractivity contribution is -0.165. The predicted octanol–water partition coefficient (Wildman–Crippen LogP) is 0.405. The van der Waals surface area contributed by atoms with Crippen LogP contribution in [0.15, 0.2) is 30.3 Å². The number of nitrogens with two attached hydrogens (primary N) is 1. The summed E-state index contributed by atoms with van der Waals surface area (Å²) in [6.07, 6.45) is -4.53. The fraction of sp³-hybridized carbons (Fsp3) is 0.467. The summed E-state index contributed by atoms with van der Waals surface area (Å²) in [5.41, 5.74) is 7.18. The number of aliphatic hydroxyl groups excluding tert-OH is 2. The number of hydrogen-bond donors (Lipinski definition) is 5. The summed E-state index contributed by atoms with van der Waals surface area (Å²) in [7, 11) is 0. The van der Waals surface area contributed by atoms with Crippen molar-refractivity contribution in [2.24, 2.45) is 5.73 Å². The second-order valence-corrected chi connectivity index (χ2v) is 5.52. The third-order valence-corrected chi connectivity index (χ3v) is 3.22. The second-order valence-electron chi connectivity index (χ2n) is 5.52. The third-order valence-electron chi connectivity index (χ3n) is 3.22. The molecule has 0 fully saturated rings. The monoisotopic (exact) mass is 313 g/mol. The lowest BCUT2D eigenvalue weighted by Gasteiger charge is -2.27. The highest BCUT2D eigenvalue weighted by molar-refractivity contribution is 5.83. The second kappa shape index (κ2) is 8.47. The number of benzene rings is 1. The number of aliphatic hydroxyl groups is 2. The molecule has 124 valence electrons. The summed E-state index contributed by atoms with van der Waals surface area (Å²) < 4.78 is 0. The highest BCUT2D eigenvalue weighted by Gasteiger charge is 2.29. The van der Waals surface area contributed by atoms with Crippen LogP contribution in [0.3, 0.4) is 0 Å². The van der Waals surface area contributed by atoms with Crippen molar-refractivity contribution < 1.29 is 30.0 Å². The molecule has 0 aliphatic rings. The number of carbonyl (C=O) groups is 2. The summed E-state index contributed by atoms with van der Waals surface area (Å²) in [5, 5.41) is 32.5. The van der Waals surface area contributed by atoms with Gasteiger partial charge < -0.3 is 26.2 Å². The van der Waals surface area contributed by atoms with E-state index in [0.717, 1.165) is 0 Å². The fourth-order valence-corrected chi connectivity index (χ4v) is 1.44. The van der Waals surface area contributed by atoms with Gasteiger partial charge in [0.2, 0.25) is 0 Å². The van der Waals surface area contributed by atoms with E-state index < -0.39 is 24.1 Å². The average Bonchev–Trinajstić information content (AvgIpc) is 2.45. The fourth-order valence-electron chi connectivity index (χ4n) is 1.44. The molecule has 6 N–H and O–H groups in total. The Bertz CT molecular complexity index is 465. The Labute approximate surface area is 129 Å². The molecule has 0 aliphatic carbocycles. The van der Waals surface area contributed by atoms with Gasteiger partial charge in [-0.15, -0.1) is 0 Å². The number of rotatable bonds is 5. The minimum atomic E-state index is -2.27. The highest BCUT2D eigenvalue weighted by atomic mass is 16.4. The van der Waals surface area contributed by atoms with Crippen LogP contribution in [-0.4, -0.2) is 50.1 Å². The molecule has 7 nitrogen and oxygen atoms in total. The average molecular weight is 313 g/mol. The van der Waals surface area contributed by atoms with Crippen LogP contribution < -0.4 is 5.73 Å². The Morgan fingerprint density at radius 1 is 1.00 bits per heavy atom. The molecule has 3 atom stereocenters. The maximum Gasteiger partial charge on any atom is 0.335 e. The predicted molar refractivity (Wildman–Crippen MR) is 80.4 cm³/mol. The Hall–Kier alpha value is -1.96. The van der Waals surface area contributed by atoms with Crippen LogP contribution in [-0.2, 0) is 9.59 Å². The number of carboxylic acids is 2. The number of aliphatic carboxylic acids is 2. The lowest BCUT2D eigenvalue weighted by atomic mass is 9.84. The highest BCUT2D eigenvalue weighted by Crippen LogP contribution is 2.24. The molecule has 22 heavy (non-hydrogen) atoms. The number of carboxylic acid groups (broad SMARTS) is 2. The van der Waals surface area contributed by atoms with Crippen LogP contribution in [0.4, 0.5) is 0 Å². The first-order valence-corrected chi connectivity index (χ1v) is 6.64. The van der Waals surface area contributed by atoms with Gasteiger partial charge >= 0.3 is 11.9 Å². The van der Waals surface area contributed by atoms with Crippen LogP contribution in [0.2, 0.25) is 0 Å². The zero-order valence-corrected chi connectivity index (χ0v) is 12.8.